The molecule has 4 nitrogen and oxygen atoms in total. The van der Waals surface area contributed by atoms with Crippen LogP contribution >= 0.6 is 27.7 Å². The Balaban J connectivity index is 2.65. The highest BCUT2D eigenvalue weighted by Gasteiger charge is 2.15. The van der Waals surface area contributed by atoms with Crippen molar-refractivity contribution < 1.29 is 4.79 Å². The summed E-state index contributed by atoms with van der Waals surface area (Å²) in [7, 11) is 0. The third kappa shape index (κ3) is 3.83. The van der Waals surface area contributed by atoms with E-state index >= 15 is 0 Å². The first-order valence-electron chi connectivity index (χ1n) is 6.48. The van der Waals surface area contributed by atoms with Gasteiger partial charge in [0.15, 0.2) is 5.17 Å². The van der Waals surface area contributed by atoms with Crippen molar-refractivity contribution in [2.45, 2.75) is 31.6 Å². The fourth-order valence-corrected chi connectivity index (χ4v) is 3.41. The van der Waals surface area contributed by atoms with Gasteiger partial charge in [0.05, 0.1) is 5.52 Å². The first kappa shape index (κ1) is 16.0. The van der Waals surface area contributed by atoms with Crippen molar-refractivity contribution in [1.82, 2.24) is 4.98 Å². The van der Waals surface area contributed by atoms with Gasteiger partial charge < -0.3 is 10.5 Å². The molecule has 0 saturated heterocycles. The number of hydrogen-bond donors (Lipinski definition) is 2. The quantitative estimate of drug-likeness (QED) is 0.490. The van der Waals surface area contributed by atoms with Crippen molar-refractivity contribution in [3.63, 3.8) is 0 Å². The number of halogens is 1. The average Bonchev–Trinajstić information content (AvgIpc) is 2.38. The molecule has 6 heteroatoms. The predicted octanol–water partition coefficient (Wildman–Crippen LogP) is 3.81. The van der Waals surface area contributed by atoms with Crippen molar-refractivity contribution in [3.05, 3.63) is 33.9 Å². The number of ketones is 1. The van der Waals surface area contributed by atoms with Gasteiger partial charge in [0.25, 0.3) is 0 Å². The number of nitrogens with two attached hydrogens (primary N) is 1. The third-order valence-electron chi connectivity index (χ3n) is 3.14. The lowest BCUT2D eigenvalue weighted by atomic mass is 10.0. The largest absolute Gasteiger partial charge is 0.378 e. The number of rotatable bonds is 4. The minimum atomic E-state index is 0.0333. The van der Waals surface area contributed by atoms with Gasteiger partial charge in [-0.05, 0) is 44.0 Å². The maximum absolute atomic E-state index is 11.3. The molecular weight excluding hydrogens is 350 g/mol. The number of pyridine rings is 1. The standard InChI is InChI=1S/C15H16BrN3OS/c1-8(20)3-5-11-9(2)19-13-6-4-10(16)7-12(13)14(11)21-15(17)18/h4,6-7H,3,5H2,1-2H3,(H3,17,18). The van der Waals surface area contributed by atoms with E-state index in [2.05, 4.69) is 20.9 Å². The smallest absolute Gasteiger partial charge is 0.155 e. The van der Waals surface area contributed by atoms with Crippen LogP contribution in [0.3, 0.4) is 0 Å². The molecule has 0 atom stereocenters. The number of benzene rings is 1. The van der Waals surface area contributed by atoms with Gasteiger partial charge in [-0.25, -0.2) is 0 Å². The Labute approximate surface area is 136 Å². The fourth-order valence-electron chi connectivity index (χ4n) is 2.18. The summed E-state index contributed by atoms with van der Waals surface area (Å²) in [4.78, 5) is 16.8. The van der Waals surface area contributed by atoms with E-state index in [9.17, 15) is 4.79 Å². The fraction of sp³-hybridized carbons (Fsp3) is 0.267. The van der Waals surface area contributed by atoms with Gasteiger partial charge in [0.1, 0.15) is 5.78 Å². The summed E-state index contributed by atoms with van der Waals surface area (Å²) in [6.07, 6.45) is 1.08. The van der Waals surface area contributed by atoms with E-state index in [1.807, 2.05) is 25.1 Å². The monoisotopic (exact) mass is 365 g/mol. The van der Waals surface area contributed by atoms with Crippen LogP contribution in [0.5, 0.6) is 0 Å². The molecule has 0 saturated carbocycles. The third-order valence-corrected chi connectivity index (χ3v) is 4.52. The van der Waals surface area contributed by atoms with E-state index < -0.39 is 0 Å². The molecule has 0 aliphatic carbocycles. The first-order valence-corrected chi connectivity index (χ1v) is 8.09. The van der Waals surface area contributed by atoms with Crippen LogP contribution in [0.4, 0.5) is 0 Å². The molecule has 0 aliphatic rings. The maximum atomic E-state index is 11.3. The summed E-state index contributed by atoms with van der Waals surface area (Å²) in [5.41, 5.74) is 8.32. The number of aryl methyl sites for hydroxylation is 1. The zero-order valence-corrected chi connectivity index (χ0v) is 14.3. The Morgan fingerprint density at radius 3 is 2.81 bits per heavy atom. The van der Waals surface area contributed by atoms with Crippen LogP contribution in [-0.4, -0.2) is 15.9 Å². The van der Waals surface area contributed by atoms with Gasteiger partial charge in [-0.15, -0.1) is 0 Å². The summed E-state index contributed by atoms with van der Waals surface area (Å²) < 4.78 is 0.948. The number of Topliss-reactive ketones (excluding diaryl/α,β-unsaturated/α-hetero) is 1. The van der Waals surface area contributed by atoms with E-state index in [1.165, 1.54) is 11.8 Å². The number of hydrogen-bond acceptors (Lipinski definition) is 4. The average molecular weight is 366 g/mol. The summed E-state index contributed by atoms with van der Waals surface area (Å²) in [6, 6.07) is 5.85. The minimum absolute atomic E-state index is 0.0333. The van der Waals surface area contributed by atoms with Crippen LogP contribution < -0.4 is 5.73 Å². The normalized spacial score (nSPS) is 10.8. The zero-order chi connectivity index (χ0) is 15.6. The van der Waals surface area contributed by atoms with Crippen LogP contribution in [0, 0.1) is 12.3 Å². The molecule has 1 heterocycles. The molecule has 1 aromatic carbocycles. The number of nitrogens with one attached hydrogen (secondary N) is 1. The summed E-state index contributed by atoms with van der Waals surface area (Å²) in [5, 5.41) is 8.57. The van der Waals surface area contributed by atoms with E-state index in [1.54, 1.807) is 6.92 Å². The lowest BCUT2D eigenvalue weighted by Crippen LogP contribution is -2.07. The van der Waals surface area contributed by atoms with Crippen molar-refractivity contribution in [3.8, 4) is 0 Å². The number of fused-ring (bicyclic) bond motifs is 1. The number of aromatic nitrogens is 1. The lowest BCUT2D eigenvalue weighted by Gasteiger charge is -2.14. The highest BCUT2D eigenvalue weighted by Crippen LogP contribution is 2.34. The molecule has 0 fully saturated rings. The molecule has 0 spiro atoms. The number of carbonyl (C=O) groups is 1. The Hall–Kier alpha value is -1.40. The highest BCUT2D eigenvalue weighted by molar-refractivity contribution is 9.10. The topological polar surface area (TPSA) is 79.8 Å². The molecule has 2 aromatic rings. The molecule has 0 unspecified atom stereocenters. The van der Waals surface area contributed by atoms with Crippen molar-refractivity contribution in [1.29, 1.82) is 5.41 Å². The second kappa shape index (κ2) is 6.58. The van der Waals surface area contributed by atoms with Gasteiger partial charge in [-0.1, -0.05) is 27.7 Å². The van der Waals surface area contributed by atoms with E-state index in [0.717, 1.165) is 31.5 Å². The Kier molecular flexibility index (Phi) is 5.00. The van der Waals surface area contributed by atoms with Gasteiger partial charge in [0.2, 0.25) is 0 Å². The van der Waals surface area contributed by atoms with Crippen LogP contribution in [-0.2, 0) is 11.2 Å². The lowest BCUT2D eigenvalue weighted by molar-refractivity contribution is -0.116. The van der Waals surface area contributed by atoms with Gasteiger partial charge in [-0.3, -0.25) is 10.4 Å². The van der Waals surface area contributed by atoms with Crippen LogP contribution in [0.2, 0.25) is 0 Å². The van der Waals surface area contributed by atoms with Crippen molar-refractivity contribution in [2.24, 2.45) is 5.73 Å². The number of thioether (sulfide) groups is 1. The van der Waals surface area contributed by atoms with Crippen molar-refractivity contribution >= 4 is 49.5 Å². The molecular formula is C15H16BrN3OS. The molecule has 3 N–H and O–H groups in total. The molecule has 0 amide bonds. The Morgan fingerprint density at radius 2 is 2.19 bits per heavy atom. The van der Waals surface area contributed by atoms with Crippen molar-refractivity contribution in [2.75, 3.05) is 0 Å². The minimum Gasteiger partial charge on any atom is -0.378 e. The summed E-state index contributed by atoms with van der Waals surface area (Å²) >= 11 is 4.68. The van der Waals surface area contributed by atoms with Crippen LogP contribution in [0.25, 0.3) is 10.9 Å². The number of carbonyl (C=O) groups excluding carboxylic acids is 1. The van der Waals surface area contributed by atoms with Gasteiger partial charge in [0, 0.05) is 26.9 Å². The Bertz CT molecular complexity index is 730. The maximum Gasteiger partial charge on any atom is 0.155 e. The second-order valence-corrected chi connectivity index (χ2v) is 6.80. The molecule has 110 valence electrons. The van der Waals surface area contributed by atoms with Crippen LogP contribution in [0.1, 0.15) is 24.6 Å². The Morgan fingerprint density at radius 1 is 1.48 bits per heavy atom. The van der Waals surface area contributed by atoms with E-state index in [-0.39, 0.29) is 11.0 Å². The SMILES string of the molecule is CC(=O)CCc1c(C)nc2ccc(Br)cc2c1SC(=N)N. The predicted molar refractivity (Wildman–Crippen MR) is 91.0 cm³/mol. The van der Waals surface area contributed by atoms with Gasteiger partial charge in [-0.2, -0.15) is 0 Å². The number of nitrogens with zero attached hydrogens (tertiary/aromatic N) is 1. The zero-order valence-electron chi connectivity index (χ0n) is 11.9. The molecule has 0 radical (unpaired) electrons. The molecule has 0 bridgehead atoms. The highest BCUT2D eigenvalue weighted by atomic mass is 79.9. The van der Waals surface area contributed by atoms with E-state index in [4.69, 9.17) is 11.1 Å². The second-order valence-electron chi connectivity index (χ2n) is 4.83. The number of amidine groups is 1. The molecule has 0 aliphatic heterocycles. The summed E-state index contributed by atoms with van der Waals surface area (Å²) in [6.45, 7) is 3.51. The van der Waals surface area contributed by atoms with Crippen LogP contribution in [0.15, 0.2) is 27.6 Å². The molecule has 1 aromatic heterocycles. The molecule has 2 rings (SSSR count). The first-order chi connectivity index (χ1) is 9.88. The molecule has 21 heavy (non-hydrogen) atoms. The van der Waals surface area contributed by atoms with E-state index in [0.29, 0.717) is 12.8 Å². The summed E-state index contributed by atoms with van der Waals surface area (Å²) in [5.74, 6) is 0.141. The van der Waals surface area contributed by atoms with Gasteiger partial charge >= 0.3 is 0 Å².